The average molecular weight is 613 g/mol. The molecule has 0 aromatic heterocycles. The maximum absolute atomic E-state index is 13.5. The number of carbonyl (C=O) groups is 1. The number of halogens is 2. The van der Waals surface area contributed by atoms with Crippen LogP contribution in [0.1, 0.15) is 18.1 Å². The van der Waals surface area contributed by atoms with Gasteiger partial charge in [-0.05, 0) is 103 Å². The molecule has 0 saturated carbocycles. The van der Waals surface area contributed by atoms with Gasteiger partial charge in [-0.3, -0.25) is 9.10 Å². The molecule has 4 aromatic rings. The van der Waals surface area contributed by atoms with Crippen molar-refractivity contribution in [2.45, 2.75) is 18.4 Å². The normalized spacial score (nSPS) is 11.3. The zero-order valence-electron chi connectivity index (χ0n) is 22.0. The molecule has 0 atom stereocenters. The van der Waals surface area contributed by atoms with Crippen molar-refractivity contribution in [2.24, 2.45) is 5.10 Å². The minimum absolute atomic E-state index is 0.00948. The molecule has 8 nitrogen and oxygen atoms in total. The molecule has 0 fully saturated rings. The number of carbonyl (C=O) groups excluding carboxylic acids is 1. The molecule has 4 rings (SSSR count). The van der Waals surface area contributed by atoms with Crippen LogP contribution in [-0.4, -0.2) is 33.7 Å². The molecule has 41 heavy (non-hydrogen) atoms. The lowest BCUT2D eigenvalue weighted by molar-refractivity contribution is -0.119. The molecule has 212 valence electrons. The van der Waals surface area contributed by atoms with Gasteiger partial charge in [0.15, 0.2) is 0 Å². The maximum Gasteiger partial charge on any atom is 0.264 e. The number of nitrogens with zero attached hydrogens (tertiary/aromatic N) is 2. The van der Waals surface area contributed by atoms with Crippen LogP contribution >= 0.6 is 23.2 Å². The van der Waals surface area contributed by atoms with Crippen LogP contribution in [0, 0.1) is 0 Å². The molecular formula is C30H27Cl2N3O5S. The molecule has 0 heterocycles. The zero-order valence-corrected chi connectivity index (χ0v) is 24.4. The summed E-state index contributed by atoms with van der Waals surface area (Å²) in [7, 11) is -4.10. The van der Waals surface area contributed by atoms with Gasteiger partial charge in [0.05, 0.1) is 23.4 Å². The first-order valence-electron chi connectivity index (χ1n) is 12.5. The lowest BCUT2D eigenvalue weighted by atomic mass is 10.2. The van der Waals surface area contributed by atoms with E-state index in [1.54, 1.807) is 54.6 Å². The van der Waals surface area contributed by atoms with E-state index in [0.717, 1.165) is 9.87 Å². The predicted molar refractivity (Wildman–Crippen MR) is 162 cm³/mol. The first-order chi connectivity index (χ1) is 19.7. The van der Waals surface area contributed by atoms with Gasteiger partial charge in [0, 0.05) is 10.0 Å². The predicted octanol–water partition coefficient (Wildman–Crippen LogP) is 6.32. The number of hydrazone groups is 1. The van der Waals surface area contributed by atoms with E-state index >= 15 is 0 Å². The average Bonchev–Trinajstić information content (AvgIpc) is 2.96. The topological polar surface area (TPSA) is 97.3 Å². The summed E-state index contributed by atoms with van der Waals surface area (Å²) in [5, 5.41) is 5.02. The third-order valence-corrected chi connectivity index (χ3v) is 7.98. The molecule has 0 saturated heterocycles. The van der Waals surface area contributed by atoms with E-state index in [9.17, 15) is 13.2 Å². The first kappa shape index (κ1) is 29.9. The van der Waals surface area contributed by atoms with Crippen molar-refractivity contribution in [1.29, 1.82) is 0 Å². The summed E-state index contributed by atoms with van der Waals surface area (Å²) in [5.41, 5.74) is 4.34. The molecular weight excluding hydrogens is 585 g/mol. The Balaban J connectivity index is 1.42. The van der Waals surface area contributed by atoms with E-state index in [1.807, 2.05) is 25.1 Å². The van der Waals surface area contributed by atoms with Gasteiger partial charge >= 0.3 is 0 Å². The van der Waals surface area contributed by atoms with Crippen LogP contribution in [0.4, 0.5) is 5.69 Å². The van der Waals surface area contributed by atoms with E-state index in [2.05, 4.69) is 10.5 Å². The smallest absolute Gasteiger partial charge is 0.264 e. The summed E-state index contributed by atoms with van der Waals surface area (Å²) < 4.78 is 39.2. The molecule has 4 aromatic carbocycles. The molecule has 0 aliphatic rings. The fraction of sp³-hybridized carbons (Fsp3) is 0.133. The third kappa shape index (κ3) is 8.47. The minimum atomic E-state index is -4.10. The van der Waals surface area contributed by atoms with Crippen LogP contribution in [0.2, 0.25) is 10.0 Å². The Labute approximate surface area is 249 Å². The summed E-state index contributed by atoms with van der Waals surface area (Å²) in [5.74, 6) is 0.605. The molecule has 0 aliphatic heterocycles. The lowest BCUT2D eigenvalue weighted by Gasteiger charge is -2.24. The molecule has 0 spiro atoms. The molecule has 11 heteroatoms. The Morgan fingerprint density at radius 2 is 1.54 bits per heavy atom. The number of rotatable bonds is 12. The summed E-state index contributed by atoms with van der Waals surface area (Å²) in [6.07, 6.45) is 1.45. The Hall–Kier alpha value is -4.05. The number of sulfonamides is 1. The Kier molecular flexibility index (Phi) is 10.2. The van der Waals surface area contributed by atoms with Crippen molar-refractivity contribution in [1.82, 2.24) is 5.43 Å². The molecule has 0 radical (unpaired) electrons. The van der Waals surface area contributed by atoms with E-state index in [0.29, 0.717) is 40.3 Å². The van der Waals surface area contributed by atoms with Gasteiger partial charge in [-0.1, -0.05) is 35.3 Å². The Bertz CT molecular complexity index is 1590. The van der Waals surface area contributed by atoms with Gasteiger partial charge in [0.2, 0.25) is 0 Å². The number of hydrogen-bond acceptors (Lipinski definition) is 6. The highest BCUT2D eigenvalue weighted by Gasteiger charge is 2.27. The van der Waals surface area contributed by atoms with Crippen molar-refractivity contribution in [3.05, 3.63) is 118 Å². The highest BCUT2D eigenvalue weighted by Crippen LogP contribution is 2.26. The number of nitrogens with one attached hydrogen (secondary N) is 1. The highest BCUT2D eigenvalue weighted by atomic mass is 35.5. The first-order valence-corrected chi connectivity index (χ1v) is 14.7. The molecule has 0 aliphatic carbocycles. The van der Waals surface area contributed by atoms with Crippen molar-refractivity contribution >= 4 is 51.0 Å². The van der Waals surface area contributed by atoms with Gasteiger partial charge < -0.3 is 9.47 Å². The van der Waals surface area contributed by atoms with Crippen LogP contribution in [0.3, 0.4) is 0 Å². The fourth-order valence-corrected chi connectivity index (χ4v) is 5.47. The van der Waals surface area contributed by atoms with Gasteiger partial charge in [-0.15, -0.1) is 0 Å². The van der Waals surface area contributed by atoms with Crippen molar-refractivity contribution in [2.75, 3.05) is 17.5 Å². The van der Waals surface area contributed by atoms with E-state index in [4.69, 9.17) is 32.7 Å². The fourth-order valence-electron chi connectivity index (χ4n) is 3.71. The summed E-state index contributed by atoms with van der Waals surface area (Å²) in [6, 6.07) is 26.7. The number of amides is 1. The van der Waals surface area contributed by atoms with Gasteiger partial charge in [0.1, 0.15) is 24.7 Å². The monoisotopic (exact) mass is 611 g/mol. The lowest BCUT2D eigenvalue weighted by Crippen LogP contribution is -2.39. The molecule has 1 N–H and O–H groups in total. The van der Waals surface area contributed by atoms with Crippen LogP contribution in [0.25, 0.3) is 0 Å². The van der Waals surface area contributed by atoms with Crippen LogP contribution < -0.4 is 19.2 Å². The number of ether oxygens (including phenoxy) is 2. The SMILES string of the molecule is CCOc1ccc(N(CC(=O)N/N=C\c2ccc(OCc3cccc(Cl)c3)cc2)S(=O)(=O)c2ccc(Cl)cc2)cc1. The largest absolute Gasteiger partial charge is 0.494 e. The number of anilines is 1. The van der Waals surface area contributed by atoms with Gasteiger partial charge in [0.25, 0.3) is 15.9 Å². The van der Waals surface area contributed by atoms with E-state index in [1.165, 1.54) is 30.5 Å². The van der Waals surface area contributed by atoms with Crippen LogP contribution in [0.5, 0.6) is 11.5 Å². The van der Waals surface area contributed by atoms with Crippen LogP contribution in [0.15, 0.2) is 107 Å². The second kappa shape index (κ2) is 14.0. The van der Waals surface area contributed by atoms with E-state index in [-0.39, 0.29) is 10.6 Å². The van der Waals surface area contributed by atoms with E-state index < -0.39 is 22.5 Å². The highest BCUT2D eigenvalue weighted by molar-refractivity contribution is 7.92. The molecule has 0 bridgehead atoms. The third-order valence-electron chi connectivity index (χ3n) is 5.70. The van der Waals surface area contributed by atoms with Crippen LogP contribution in [-0.2, 0) is 21.4 Å². The minimum Gasteiger partial charge on any atom is -0.494 e. The second-order valence-corrected chi connectivity index (χ2v) is 11.4. The quantitative estimate of drug-likeness (QED) is 0.149. The maximum atomic E-state index is 13.5. The standard InChI is InChI=1S/C30H27Cl2N3O5S/c1-2-39-27-14-10-26(11-15-27)35(41(37,38)29-16-8-24(31)9-17-29)20-30(36)34-33-19-22-6-12-28(13-7-22)40-21-23-4-3-5-25(32)18-23/h3-19H,2,20-21H2,1H3,(H,34,36)/b33-19-. The van der Waals surface area contributed by atoms with Gasteiger partial charge in [-0.25, -0.2) is 13.8 Å². The van der Waals surface area contributed by atoms with Crippen molar-refractivity contribution < 1.29 is 22.7 Å². The number of hydrogen-bond donors (Lipinski definition) is 1. The molecule has 1 amide bonds. The van der Waals surface area contributed by atoms with Gasteiger partial charge in [-0.2, -0.15) is 5.10 Å². The summed E-state index contributed by atoms with van der Waals surface area (Å²) in [6.45, 7) is 2.17. The summed E-state index contributed by atoms with van der Waals surface area (Å²) >= 11 is 11.9. The Morgan fingerprint density at radius 3 is 2.20 bits per heavy atom. The number of benzene rings is 4. The summed E-state index contributed by atoms with van der Waals surface area (Å²) in [4.78, 5) is 12.8. The zero-order chi connectivity index (χ0) is 29.2. The van der Waals surface area contributed by atoms with Crippen molar-refractivity contribution in [3.63, 3.8) is 0 Å². The Morgan fingerprint density at radius 1 is 0.878 bits per heavy atom. The van der Waals surface area contributed by atoms with Crippen molar-refractivity contribution in [3.8, 4) is 11.5 Å². The molecule has 0 unspecified atom stereocenters. The second-order valence-electron chi connectivity index (χ2n) is 8.67.